The summed E-state index contributed by atoms with van der Waals surface area (Å²) < 4.78 is 16.9. The van der Waals surface area contributed by atoms with Crippen molar-refractivity contribution >= 4 is 5.97 Å². The summed E-state index contributed by atoms with van der Waals surface area (Å²) in [5.41, 5.74) is 2.27. The summed E-state index contributed by atoms with van der Waals surface area (Å²) in [6, 6.07) is 13.8. The van der Waals surface area contributed by atoms with Crippen molar-refractivity contribution in [2.75, 3.05) is 7.11 Å². The van der Waals surface area contributed by atoms with Gasteiger partial charge < -0.3 is 14.2 Å². The van der Waals surface area contributed by atoms with Crippen molar-refractivity contribution in [1.29, 1.82) is 0 Å². The van der Waals surface area contributed by atoms with Crippen LogP contribution in [0.15, 0.2) is 42.5 Å². The molecule has 2 unspecified atom stereocenters. The maximum atomic E-state index is 11.2. The topological polar surface area (TPSA) is 44.8 Å². The van der Waals surface area contributed by atoms with E-state index in [4.69, 9.17) is 14.2 Å². The van der Waals surface area contributed by atoms with Gasteiger partial charge in [0.05, 0.1) is 7.11 Å². The summed E-state index contributed by atoms with van der Waals surface area (Å²) >= 11 is 0. The molecular weight excluding hydrogens is 328 g/mol. The van der Waals surface area contributed by atoms with Gasteiger partial charge in [0, 0.05) is 12.8 Å². The van der Waals surface area contributed by atoms with Crippen LogP contribution in [0, 0.1) is 5.92 Å². The zero-order valence-electron chi connectivity index (χ0n) is 15.7. The number of hydrogen-bond acceptors (Lipinski definition) is 4. The molecule has 0 fully saturated rings. The quantitative estimate of drug-likeness (QED) is 0.534. The minimum atomic E-state index is -0.305. The van der Waals surface area contributed by atoms with E-state index in [0.717, 1.165) is 36.3 Å². The van der Waals surface area contributed by atoms with Crippen LogP contribution in [-0.4, -0.2) is 13.1 Å². The standard InChI is InChI=1S/C22H26O4/c1-4-5-6-17-13-18-14-20(25-15(2)23)11-12-21(18)26-22(17)16-7-9-19(24-3)10-8-16/h7-12,14,17,22H,4-6,13H2,1-3H3. The van der Waals surface area contributed by atoms with Gasteiger partial charge >= 0.3 is 5.97 Å². The molecule has 0 N–H and O–H groups in total. The fourth-order valence-corrected chi connectivity index (χ4v) is 3.54. The Bertz CT molecular complexity index is 751. The number of ether oxygens (including phenoxy) is 3. The second-order valence-corrected chi connectivity index (χ2v) is 6.78. The number of rotatable bonds is 6. The molecule has 0 radical (unpaired) electrons. The fraction of sp³-hybridized carbons (Fsp3) is 0.409. The third-order valence-corrected chi connectivity index (χ3v) is 4.83. The number of methoxy groups -OCH3 is 1. The Labute approximate surface area is 155 Å². The van der Waals surface area contributed by atoms with E-state index in [1.54, 1.807) is 13.2 Å². The van der Waals surface area contributed by atoms with Crippen molar-refractivity contribution in [3.8, 4) is 17.2 Å². The molecule has 1 heterocycles. The minimum absolute atomic E-state index is 0.0273. The van der Waals surface area contributed by atoms with Crippen molar-refractivity contribution in [3.63, 3.8) is 0 Å². The van der Waals surface area contributed by atoms with Crippen LogP contribution in [0.2, 0.25) is 0 Å². The van der Waals surface area contributed by atoms with E-state index in [9.17, 15) is 4.79 Å². The van der Waals surface area contributed by atoms with Crippen LogP contribution in [0.25, 0.3) is 0 Å². The predicted octanol–water partition coefficient (Wildman–Crippen LogP) is 5.10. The largest absolute Gasteiger partial charge is 0.497 e. The summed E-state index contributed by atoms with van der Waals surface area (Å²) in [5.74, 6) is 2.39. The highest BCUT2D eigenvalue weighted by Gasteiger charge is 2.31. The Hall–Kier alpha value is -2.49. The fourth-order valence-electron chi connectivity index (χ4n) is 3.54. The number of esters is 1. The van der Waals surface area contributed by atoms with Gasteiger partial charge in [-0.2, -0.15) is 0 Å². The Morgan fingerprint density at radius 1 is 1.15 bits per heavy atom. The highest BCUT2D eigenvalue weighted by molar-refractivity contribution is 5.69. The molecule has 4 nitrogen and oxygen atoms in total. The van der Waals surface area contributed by atoms with Gasteiger partial charge in [-0.3, -0.25) is 4.79 Å². The number of hydrogen-bond donors (Lipinski definition) is 0. The van der Waals surface area contributed by atoms with Crippen LogP contribution in [0.3, 0.4) is 0 Å². The number of fused-ring (bicyclic) bond motifs is 1. The lowest BCUT2D eigenvalue weighted by molar-refractivity contribution is -0.131. The van der Waals surface area contributed by atoms with Gasteiger partial charge in [-0.05, 0) is 54.3 Å². The molecular formula is C22H26O4. The zero-order valence-corrected chi connectivity index (χ0v) is 15.7. The van der Waals surface area contributed by atoms with E-state index in [1.807, 2.05) is 24.3 Å². The van der Waals surface area contributed by atoms with E-state index in [1.165, 1.54) is 18.9 Å². The molecule has 4 heteroatoms. The number of carbonyl (C=O) groups excluding carboxylic acids is 1. The van der Waals surface area contributed by atoms with E-state index < -0.39 is 0 Å². The van der Waals surface area contributed by atoms with Gasteiger partial charge in [0.1, 0.15) is 23.4 Å². The molecule has 1 aliphatic rings. The monoisotopic (exact) mass is 354 g/mol. The van der Waals surface area contributed by atoms with Crippen LogP contribution in [-0.2, 0) is 11.2 Å². The smallest absolute Gasteiger partial charge is 0.308 e. The van der Waals surface area contributed by atoms with Crippen LogP contribution >= 0.6 is 0 Å². The molecule has 26 heavy (non-hydrogen) atoms. The summed E-state index contributed by atoms with van der Waals surface area (Å²) in [5, 5.41) is 0. The molecule has 0 saturated heterocycles. The third kappa shape index (κ3) is 4.18. The molecule has 0 amide bonds. The lowest BCUT2D eigenvalue weighted by atomic mass is 9.83. The SMILES string of the molecule is CCCCC1Cc2cc(OC(C)=O)ccc2OC1c1ccc(OC)cc1. The first kappa shape index (κ1) is 18.3. The Morgan fingerprint density at radius 2 is 1.88 bits per heavy atom. The molecule has 0 aromatic heterocycles. The molecule has 0 bridgehead atoms. The van der Waals surface area contributed by atoms with Gasteiger partial charge in [-0.1, -0.05) is 31.9 Å². The van der Waals surface area contributed by atoms with Gasteiger partial charge in [0.25, 0.3) is 0 Å². The van der Waals surface area contributed by atoms with E-state index >= 15 is 0 Å². The summed E-state index contributed by atoms with van der Waals surface area (Å²) in [6.45, 7) is 3.62. The second-order valence-electron chi connectivity index (χ2n) is 6.78. The van der Waals surface area contributed by atoms with E-state index in [-0.39, 0.29) is 12.1 Å². The molecule has 2 aromatic carbocycles. The molecule has 3 rings (SSSR count). The maximum absolute atomic E-state index is 11.2. The van der Waals surface area contributed by atoms with Crippen LogP contribution in [0.1, 0.15) is 50.3 Å². The molecule has 1 aliphatic heterocycles. The lowest BCUT2D eigenvalue weighted by Gasteiger charge is -2.34. The highest BCUT2D eigenvalue weighted by atomic mass is 16.5. The highest BCUT2D eigenvalue weighted by Crippen LogP contribution is 2.42. The average Bonchev–Trinajstić information content (AvgIpc) is 2.65. The first-order valence-corrected chi connectivity index (χ1v) is 9.22. The molecule has 0 saturated carbocycles. The molecule has 2 aromatic rings. The van der Waals surface area contributed by atoms with Gasteiger partial charge in [-0.15, -0.1) is 0 Å². The Morgan fingerprint density at radius 3 is 2.54 bits per heavy atom. The average molecular weight is 354 g/mol. The summed E-state index contributed by atoms with van der Waals surface area (Å²) in [7, 11) is 1.67. The minimum Gasteiger partial charge on any atom is -0.497 e. The van der Waals surface area contributed by atoms with Gasteiger partial charge in [-0.25, -0.2) is 0 Å². The van der Waals surface area contributed by atoms with Crippen molar-refractivity contribution in [2.24, 2.45) is 5.92 Å². The third-order valence-electron chi connectivity index (χ3n) is 4.83. The van der Waals surface area contributed by atoms with Crippen molar-refractivity contribution in [2.45, 2.75) is 45.6 Å². The van der Waals surface area contributed by atoms with Crippen LogP contribution in [0.4, 0.5) is 0 Å². The zero-order chi connectivity index (χ0) is 18.5. The number of benzene rings is 2. The molecule has 0 spiro atoms. The Kier molecular flexibility index (Phi) is 5.82. The van der Waals surface area contributed by atoms with Crippen LogP contribution in [0.5, 0.6) is 17.2 Å². The second kappa shape index (κ2) is 8.26. The molecule has 138 valence electrons. The normalized spacial score (nSPS) is 18.6. The van der Waals surface area contributed by atoms with E-state index in [0.29, 0.717) is 11.7 Å². The van der Waals surface area contributed by atoms with Gasteiger partial charge in [0.2, 0.25) is 0 Å². The predicted molar refractivity (Wildman–Crippen MR) is 101 cm³/mol. The summed E-state index contributed by atoms with van der Waals surface area (Å²) in [6.07, 6.45) is 4.37. The van der Waals surface area contributed by atoms with Crippen molar-refractivity contribution in [3.05, 3.63) is 53.6 Å². The van der Waals surface area contributed by atoms with Gasteiger partial charge in [0.15, 0.2) is 0 Å². The maximum Gasteiger partial charge on any atom is 0.308 e. The Balaban J connectivity index is 1.87. The van der Waals surface area contributed by atoms with Crippen molar-refractivity contribution < 1.29 is 19.0 Å². The lowest BCUT2D eigenvalue weighted by Crippen LogP contribution is -2.26. The molecule has 0 aliphatic carbocycles. The summed E-state index contributed by atoms with van der Waals surface area (Å²) in [4.78, 5) is 11.2. The molecule has 2 atom stereocenters. The number of unbranched alkanes of at least 4 members (excludes halogenated alkanes) is 1. The van der Waals surface area contributed by atoms with E-state index in [2.05, 4.69) is 19.1 Å². The van der Waals surface area contributed by atoms with Crippen molar-refractivity contribution in [1.82, 2.24) is 0 Å². The first-order valence-electron chi connectivity index (χ1n) is 9.22. The first-order chi connectivity index (χ1) is 12.6. The number of carbonyl (C=O) groups is 1. The van der Waals surface area contributed by atoms with Crippen LogP contribution < -0.4 is 14.2 Å².